The van der Waals surface area contributed by atoms with Gasteiger partial charge in [0.05, 0.1) is 11.2 Å². The normalized spacial score (nSPS) is 19.8. The molecule has 4 aromatic carbocycles. The standard InChI is InChI=1S/C19H22O7.C19H22O6/c1-19(2,3)26-16-8-11-12(21)6-10(20)7-15(11)25-18(16)9-4-13(22)17(24)14(23)5-9;1-19(2,3)25-17-9-12-14(22)7-11(20)8-16(12)24-18(17)10-4-5-13(21)15(23)6-10/h4-7,16,18,20-24H,8H2,1-3H3;4-8,17-18,20-23H,9H2,1-3H3/t16-,18?;17-,18?/m11/s1. The van der Waals surface area contributed by atoms with Gasteiger partial charge in [-0.3, -0.25) is 0 Å². The lowest BCUT2D eigenvalue weighted by Crippen LogP contribution is -2.38. The molecule has 0 bridgehead atoms. The van der Waals surface area contributed by atoms with Crippen LogP contribution in [0.4, 0.5) is 0 Å². The second kappa shape index (κ2) is 13.7. The van der Waals surface area contributed by atoms with Crippen molar-refractivity contribution in [1.82, 2.24) is 0 Å². The van der Waals surface area contributed by atoms with E-state index in [2.05, 4.69) is 0 Å². The molecule has 2 aliphatic rings. The van der Waals surface area contributed by atoms with E-state index in [9.17, 15) is 46.0 Å². The van der Waals surface area contributed by atoms with Crippen LogP contribution in [0.15, 0.2) is 54.6 Å². The van der Waals surface area contributed by atoms with E-state index in [0.717, 1.165) is 0 Å². The van der Waals surface area contributed by atoms with Crippen LogP contribution in [-0.4, -0.2) is 69.4 Å². The third-order valence-electron chi connectivity index (χ3n) is 8.09. The van der Waals surface area contributed by atoms with Gasteiger partial charge in [-0.05, 0) is 71.4 Å². The van der Waals surface area contributed by atoms with Gasteiger partial charge in [0.15, 0.2) is 41.0 Å². The van der Waals surface area contributed by atoms with Gasteiger partial charge in [0.1, 0.15) is 46.7 Å². The van der Waals surface area contributed by atoms with E-state index < -0.39 is 52.9 Å². The monoisotopic (exact) mass is 708 g/mol. The molecule has 0 amide bonds. The minimum atomic E-state index is -0.736. The zero-order valence-electron chi connectivity index (χ0n) is 29.1. The van der Waals surface area contributed by atoms with Crippen LogP contribution in [0.5, 0.6) is 63.2 Å². The Morgan fingerprint density at radius 2 is 0.902 bits per heavy atom. The fraction of sp³-hybridized carbons (Fsp3) is 0.368. The summed E-state index contributed by atoms with van der Waals surface area (Å²) in [5.74, 6) is -1.80. The van der Waals surface area contributed by atoms with Gasteiger partial charge in [0.2, 0.25) is 0 Å². The molecule has 0 saturated carbocycles. The van der Waals surface area contributed by atoms with Crippen molar-refractivity contribution in [2.45, 2.75) is 90.0 Å². The van der Waals surface area contributed by atoms with Gasteiger partial charge in [-0.2, -0.15) is 0 Å². The molecule has 6 rings (SSSR count). The average Bonchev–Trinajstić information content (AvgIpc) is 3.00. The van der Waals surface area contributed by atoms with E-state index in [4.69, 9.17) is 18.9 Å². The first-order valence-electron chi connectivity index (χ1n) is 16.2. The second-order valence-corrected chi connectivity index (χ2v) is 14.6. The fourth-order valence-electron chi connectivity index (χ4n) is 6.08. The lowest BCUT2D eigenvalue weighted by molar-refractivity contribution is -0.111. The summed E-state index contributed by atoms with van der Waals surface area (Å²) in [4.78, 5) is 0. The highest BCUT2D eigenvalue weighted by Gasteiger charge is 2.38. The Hall–Kier alpha value is -5.40. The van der Waals surface area contributed by atoms with Crippen molar-refractivity contribution in [3.63, 3.8) is 0 Å². The number of hydrogen-bond acceptors (Lipinski definition) is 13. The Bertz CT molecular complexity index is 1880. The number of rotatable bonds is 4. The van der Waals surface area contributed by atoms with E-state index in [1.165, 1.54) is 48.5 Å². The van der Waals surface area contributed by atoms with E-state index in [1.54, 1.807) is 6.07 Å². The molecule has 0 aromatic heterocycles. The highest BCUT2D eigenvalue weighted by atomic mass is 16.6. The van der Waals surface area contributed by atoms with Crippen LogP contribution < -0.4 is 9.47 Å². The van der Waals surface area contributed by atoms with Gasteiger partial charge in [-0.1, -0.05) is 6.07 Å². The topological polar surface area (TPSA) is 219 Å². The molecule has 0 saturated heterocycles. The minimum Gasteiger partial charge on any atom is -0.508 e. The van der Waals surface area contributed by atoms with Crippen molar-refractivity contribution in [3.05, 3.63) is 76.9 Å². The molecule has 51 heavy (non-hydrogen) atoms. The predicted octanol–water partition coefficient (Wildman–Crippen LogP) is 6.44. The van der Waals surface area contributed by atoms with Crippen LogP contribution in [0.25, 0.3) is 0 Å². The molecule has 0 radical (unpaired) electrons. The number of aromatic hydroxyl groups is 9. The summed E-state index contributed by atoms with van der Waals surface area (Å²) in [5, 5.41) is 88.3. The van der Waals surface area contributed by atoms with Crippen LogP contribution in [0.3, 0.4) is 0 Å². The molecule has 274 valence electrons. The first-order chi connectivity index (χ1) is 23.7. The van der Waals surface area contributed by atoms with Crippen molar-refractivity contribution in [1.29, 1.82) is 0 Å². The molecule has 9 N–H and O–H groups in total. The van der Waals surface area contributed by atoms with Crippen molar-refractivity contribution in [2.75, 3.05) is 0 Å². The summed E-state index contributed by atoms with van der Waals surface area (Å²) in [6.45, 7) is 11.4. The first-order valence-corrected chi connectivity index (χ1v) is 16.2. The number of phenols is 9. The summed E-state index contributed by atoms with van der Waals surface area (Å²) in [6, 6.07) is 12.3. The first kappa shape index (κ1) is 36.9. The quantitative estimate of drug-likeness (QED) is 0.104. The van der Waals surface area contributed by atoms with E-state index in [0.29, 0.717) is 40.8 Å². The SMILES string of the molecule is CC(C)(C)O[C@@H]1Cc2c(O)cc(O)cc2OC1c1cc(O)c(O)c(O)c1.CC(C)(C)O[C@@H]1Cc2c(O)cc(O)cc2OC1c1ccc(O)c(O)c1. The Kier molecular flexibility index (Phi) is 9.92. The van der Waals surface area contributed by atoms with Crippen LogP contribution >= 0.6 is 0 Å². The molecule has 4 aromatic rings. The third-order valence-corrected chi connectivity index (χ3v) is 8.09. The summed E-state index contributed by atoms with van der Waals surface area (Å²) < 4.78 is 24.1. The van der Waals surface area contributed by atoms with Gasteiger partial charge in [-0.15, -0.1) is 0 Å². The molecule has 2 unspecified atom stereocenters. The Morgan fingerprint density at radius 3 is 1.31 bits per heavy atom. The third kappa shape index (κ3) is 8.50. The number of ether oxygens (including phenoxy) is 4. The molecular formula is C38H44O13. The Balaban J connectivity index is 0.000000198. The van der Waals surface area contributed by atoms with E-state index >= 15 is 0 Å². The molecule has 4 atom stereocenters. The summed E-state index contributed by atoms with van der Waals surface area (Å²) in [6.07, 6.45) is -1.59. The van der Waals surface area contributed by atoms with E-state index in [-0.39, 0.29) is 40.2 Å². The molecule has 2 aliphatic heterocycles. The lowest BCUT2D eigenvalue weighted by atomic mass is 9.92. The molecule has 13 nitrogen and oxygen atoms in total. The van der Waals surface area contributed by atoms with Gasteiger partial charge < -0.3 is 64.9 Å². The van der Waals surface area contributed by atoms with E-state index in [1.807, 2.05) is 41.5 Å². The predicted molar refractivity (Wildman–Crippen MR) is 184 cm³/mol. The highest BCUT2D eigenvalue weighted by Crippen LogP contribution is 2.47. The van der Waals surface area contributed by atoms with Crippen molar-refractivity contribution < 1.29 is 64.9 Å². The average molecular weight is 709 g/mol. The number of fused-ring (bicyclic) bond motifs is 2. The van der Waals surface area contributed by atoms with Crippen LogP contribution in [0.1, 0.15) is 76.0 Å². The largest absolute Gasteiger partial charge is 0.508 e. The summed E-state index contributed by atoms with van der Waals surface area (Å²) in [5.41, 5.74) is 1.11. The van der Waals surface area contributed by atoms with Crippen molar-refractivity contribution in [2.24, 2.45) is 0 Å². The molecule has 0 spiro atoms. The fourth-order valence-corrected chi connectivity index (χ4v) is 6.08. The summed E-state index contributed by atoms with van der Waals surface area (Å²) >= 11 is 0. The van der Waals surface area contributed by atoms with Gasteiger partial charge in [0.25, 0.3) is 0 Å². The van der Waals surface area contributed by atoms with Crippen LogP contribution in [-0.2, 0) is 22.3 Å². The smallest absolute Gasteiger partial charge is 0.200 e. The molecule has 0 aliphatic carbocycles. The number of phenolic OH excluding ortho intramolecular Hbond substituents is 9. The zero-order valence-corrected chi connectivity index (χ0v) is 29.1. The maximum absolute atomic E-state index is 10.1. The van der Waals surface area contributed by atoms with Gasteiger partial charge >= 0.3 is 0 Å². The van der Waals surface area contributed by atoms with Gasteiger partial charge in [-0.25, -0.2) is 0 Å². The molecular weight excluding hydrogens is 664 g/mol. The minimum absolute atomic E-state index is 0.0514. The van der Waals surface area contributed by atoms with Gasteiger partial charge in [0, 0.05) is 53.8 Å². The number of benzene rings is 4. The maximum Gasteiger partial charge on any atom is 0.200 e. The van der Waals surface area contributed by atoms with Crippen LogP contribution in [0, 0.1) is 0 Å². The molecule has 13 heteroatoms. The Labute approximate surface area is 294 Å². The molecule has 0 fully saturated rings. The summed E-state index contributed by atoms with van der Waals surface area (Å²) in [7, 11) is 0. The Morgan fingerprint density at radius 1 is 0.490 bits per heavy atom. The number of hydrogen-bond donors (Lipinski definition) is 9. The maximum atomic E-state index is 10.1. The lowest BCUT2D eigenvalue weighted by Gasteiger charge is -2.38. The second-order valence-electron chi connectivity index (χ2n) is 14.6. The zero-order chi connectivity index (χ0) is 37.6. The highest BCUT2D eigenvalue weighted by molar-refractivity contribution is 5.55. The van der Waals surface area contributed by atoms with Crippen LogP contribution in [0.2, 0.25) is 0 Å². The van der Waals surface area contributed by atoms with Crippen molar-refractivity contribution >= 4 is 0 Å². The van der Waals surface area contributed by atoms with Crippen molar-refractivity contribution in [3.8, 4) is 63.2 Å². The molecule has 2 heterocycles.